The third-order valence-electron chi connectivity index (χ3n) is 4.09. The van der Waals surface area contributed by atoms with Crippen molar-refractivity contribution in [2.24, 2.45) is 0 Å². The summed E-state index contributed by atoms with van der Waals surface area (Å²) in [5, 5.41) is 0. The summed E-state index contributed by atoms with van der Waals surface area (Å²) < 4.78 is 15.7. The van der Waals surface area contributed by atoms with Crippen LogP contribution in [0.1, 0.15) is 37.0 Å². The van der Waals surface area contributed by atoms with Gasteiger partial charge in [-0.1, -0.05) is 43.3 Å². The molecule has 0 spiro atoms. The molecule has 0 amide bonds. The molecule has 0 saturated heterocycles. The molecule has 0 bridgehead atoms. The molecule has 26 heavy (non-hydrogen) atoms. The first-order valence-corrected chi connectivity index (χ1v) is 8.80. The molecular weight excluding hydrogens is 328 g/mol. The summed E-state index contributed by atoms with van der Waals surface area (Å²) in [5.74, 6) is 0.380. The van der Waals surface area contributed by atoms with Gasteiger partial charge in [-0.15, -0.1) is 0 Å². The van der Waals surface area contributed by atoms with Gasteiger partial charge in [-0.25, -0.2) is 4.79 Å². The van der Waals surface area contributed by atoms with Gasteiger partial charge in [0.25, 0.3) is 0 Å². The molecule has 2 aromatic carbocycles. The molecule has 0 unspecified atom stereocenters. The lowest BCUT2D eigenvalue weighted by Gasteiger charge is -2.16. The largest absolute Gasteiger partial charge is 0.468 e. The van der Waals surface area contributed by atoms with Gasteiger partial charge in [-0.2, -0.15) is 0 Å². The molecule has 0 saturated carbocycles. The fraction of sp³-hybridized carbons (Fsp3) is 0.318. The highest BCUT2D eigenvalue weighted by Gasteiger charge is 2.20. The minimum absolute atomic E-state index is 0.184. The van der Waals surface area contributed by atoms with Crippen molar-refractivity contribution in [3.8, 4) is 5.75 Å². The molecule has 2 aromatic rings. The van der Waals surface area contributed by atoms with Crippen LogP contribution in [0.3, 0.4) is 0 Å². The zero-order valence-electron chi connectivity index (χ0n) is 15.9. The highest BCUT2D eigenvalue weighted by atomic mass is 16.7. The van der Waals surface area contributed by atoms with Crippen molar-refractivity contribution in [2.75, 3.05) is 20.5 Å². The van der Waals surface area contributed by atoms with Crippen molar-refractivity contribution in [1.29, 1.82) is 0 Å². The Balaban J connectivity index is 2.55. The summed E-state index contributed by atoms with van der Waals surface area (Å²) in [4.78, 5) is 12.8. The normalized spacial score (nSPS) is 11.7. The van der Waals surface area contributed by atoms with Gasteiger partial charge in [-0.05, 0) is 54.7 Å². The Morgan fingerprint density at radius 3 is 2.27 bits per heavy atom. The lowest BCUT2D eigenvalue weighted by molar-refractivity contribution is -0.136. The SMILES string of the molecule is CCOC(=O)C(=C(CC)c1ccccc1C)c1ccc(OCOC)cc1. The molecule has 0 radical (unpaired) electrons. The first-order valence-electron chi connectivity index (χ1n) is 8.80. The second-order valence-electron chi connectivity index (χ2n) is 5.82. The Morgan fingerprint density at radius 2 is 1.69 bits per heavy atom. The molecule has 0 aliphatic carbocycles. The van der Waals surface area contributed by atoms with E-state index in [1.165, 1.54) is 0 Å². The predicted molar refractivity (Wildman–Crippen MR) is 104 cm³/mol. The van der Waals surface area contributed by atoms with Crippen molar-refractivity contribution in [3.05, 3.63) is 65.2 Å². The Bertz CT molecular complexity index is 760. The quantitative estimate of drug-likeness (QED) is 0.294. The maximum atomic E-state index is 12.8. The number of allylic oxidation sites excluding steroid dienone is 1. The Kier molecular flexibility index (Phi) is 7.42. The third-order valence-corrected chi connectivity index (χ3v) is 4.09. The molecule has 4 heteroatoms. The van der Waals surface area contributed by atoms with E-state index in [0.717, 1.165) is 28.7 Å². The van der Waals surface area contributed by atoms with Crippen LogP contribution in [-0.2, 0) is 14.3 Å². The lowest BCUT2D eigenvalue weighted by atomic mass is 9.90. The van der Waals surface area contributed by atoms with Gasteiger partial charge in [0.05, 0.1) is 12.2 Å². The van der Waals surface area contributed by atoms with Crippen LogP contribution in [0.2, 0.25) is 0 Å². The fourth-order valence-corrected chi connectivity index (χ4v) is 2.88. The number of aryl methyl sites for hydroxylation is 1. The number of hydrogen-bond acceptors (Lipinski definition) is 4. The average molecular weight is 354 g/mol. The van der Waals surface area contributed by atoms with Gasteiger partial charge in [0.2, 0.25) is 0 Å². The zero-order valence-corrected chi connectivity index (χ0v) is 15.9. The van der Waals surface area contributed by atoms with Crippen LogP contribution in [-0.4, -0.2) is 26.5 Å². The smallest absolute Gasteiger partial charge is 0.339 e. The van der Waals surface area contributed by atoms with Gasteiger partial charge in [-0.3, -0.25) is 0 Å². The summed E-state index contributed by atoms with van der Waals surface area (Å²) in [6, 6.07) is 15.5. The van der Waals surface area contributed by atoms with E-state index in [9.17, 15) is 4.79 Å². The van der Waals surface area contributed by atoms with Gasteiger partial charge in [0, 0.05) is 7.11 Å². The summed E-state index contributed by atoms with van der Waals surface area (Å²) in [6.07, 6.45) is 0.723. The second kappa shape index (κ2) is 9.78. The first kappa shape index (κ1) is 19.7. The van der Waals surface area contributed by atoms with Crippen LogP contribution in [0.25, 0.3) is 11.1 Å². The second-order valence-corrected chi connectivity index (χ2v) is 5.82. The molecule has 0 fully saturated rings. The Morgan fingerprint density at radius 1 is 1.00 bits per heavy atom. The van der Waals surface area contributed by atoms with E-state index in [-0.39, 0.29) is 12.8 Å². The number of benzene rings is 2. The van der Waals surface area contributed by atoms with Gasteiger partial charge >= 0.3 is 5.97 Å². The molecule has 2 rings (SSSR count). The highest BCUT2D eigenvalue weighted by Crippen LogP contribution is 2.32. The van der Waals surface area contributed by atoms with E-state index in [1.807, 2.05) is 49.4 Å². The fourth-order valence-electron chi connectivity index (χ4n) is 2.88. The van der Waals surface area contributed by atoms with E-state index in [2.05, 4.69) is 19.9 Å². The number of hydrogen-bond donors (Lipinski definition) is 0. The van der Waals surface area contributed by atoms with Crippen LogP contribution in [0.15, 0.2) is 48.5 Å². The number of rotatable bonds is 8. The first-order chi connectivity index (χ1) is 12.6. The van der Waals surface area contributed by atoms with Crippen molar-refractivity contribution in [1.82, 2.24) is 0 Å². The van der Waals surface area contributed by atoms with E-state index in [1.54, 1.807) is 7.11 Å². The highest BCUT2D eigenvalue weighted by molar-refractivity contribution is 6.24. The average Bonchev–Trinajstić information content (AvgIpc) is 2.66. The van der Waals surface area contributed by atoms with Gasteiger partial charge in [0.15, 0.2) is 6.79 Å². The number of ether oxygens (including phenoxy) is 3. The molecule has 0 aliphatic heterocycles. The maximum absolute atomic E-state index is 12.8. The van der Waals surface area contributed by atoms with Gasteiger partial charge < -0.3 is 14.2 Å². The summed E-state index contributed by atoms with van der Waals surface area (Å²) in [6.45, 7) is 6.44. The zero-order chi connectivity index (χ0) is 18.9. The molecule has 0 aromatic heterocycles. The summed E-state index contributed by atoms with van der Waals surface area (Å²) in [5.41, 5.74) is 4.59. The Labute approximate surface area is 155 Å². The molecule has 4 nitrogen and oxygen atoms in total. The maximum Gasteiger partial charge on any atom is 0.339 e. The molecular formula is C22H26O4. The number of esters is 1. The van der Waals surface area contributed by atoms with E-state index in [0.29, 0.717) is 17.9 Å². The number of carbonyl (C=O) groups is 1. The molecule has 0 atom stereocenters. The third kappa shape index (κ3) is 4.73. The van der Waals surface area contributed by atoms with E-state index < -0.39 is 0 Å². The molecule has 0 aliphatic rings. The van der Waals surface area contributed by atoms with Crippen LogP contribution < -0.4 is 4.74 Å². The van der Waals surface area contributed by atoms with Crippen molar-refractivity contribution < 1.29 is 19.0 Å². The number of methoxy groups -OCH3 is 1. The summed E-state index contributed by atoms with van der Waals surface area (Å²) >= 11 is 0. The van der Waals surface area contributed by atoms with Gasteiger partial charge in [0.1, 0.15) is 5.75 Å². The topological polar surface area (TPSA) is 44.8 Å². The van der Waals surface area contributed by atoms with Crippen LogP contribution >= 0.6 is 0 Å². The van der Waals surface area contributed by atoms with Crippen LogP contribution in [0.4, 0.5) is 0 Å². The van der Waals surface area contributed by atoms with E-state index >= 15 is 0 Å². The van der Waals surface area contributed by atoms with Crippen LogP contribution in [0, 0.1) is 6.92 Å². The lowest BCUT2D eigenvalue weighted by Crippen LogP contribution is -2.10. The minimum Gasteiger partial charge on any atom is -0.468 e. The monoisotopic (exact) mass is 354 g/mol. The molecule has 0 N–H and O–H groups in total. The molecule has 0 heterocycles. The minimum atomic E-state index is -0.307. The summed E-state index contributed by atoms with van der Waals surface area (Å²) in [7, 11) is 1.58. The van der Waals surface area contributed by atoms with Crippen molar-refractivity contribution in [3.63, 3.8) is 0 Å². The number of carbonyl (C=O) groups excluding carboxylic acids is 1. The molecule has 138 valence electrons. The van der Waals surface area contributed by atoms with E-state index in [4.69, 9.17) is 14.2 Å². The Hall–Kier alpha value is -2.59. The van der Waals surface area contributed by atoms with Crippen LogP contribution in [0.5, 0.6) is 5.75 Å². The van der Waals surface area contributed by atoms with Crippen molar-refractivity contribution in [2.45, 2.75) is 27.2 Å². The predicted octanol–water partition coefficient (Wildman–Crippen LogP) is 4.86. The standard InChI is InChI=1S/C22H26O4/c1-5-19(20-10-8-7-9-16(20)3)21(22(23)25-6-2)17-11-13-18(14-12-17)26-15-24-4/h7-14H,5-6,15H2,1-4H3. The van der Waals surface area contributed by atoms with Crippen molar-refractivity contribution >= 4 is 17.1 Å².